The quantitative estimate of drug-likeness (QED) is 0.201. The number of amides is 1. The summed E-state index contributed by atoms with van der Waals surface area (Å²) in [6, 6.07) is 15.8. The molecule has 5 rings (SSSR count). The van der Waals surface area contributed by atoms with Crippen LogP contribution >= 0.6 is 23.2 Å². The van der Waals surface area contributed by atoms with Crippen LogP contribution in [0.2, 0.25) is 10.0 Å². The molecule has 0 bridgehead atoms. The SMILES string of the molecule is COc1c(-c2ccccc2)cc(C(=O)Nc2c(Cl)cncc2Cl)c2c3cc([N+](=O)[O-])ccc3n(C)c12. The Morgan fingerprint density at radius 3 is 2.42 bits per heavy atom. The number of nitro groups is 1. The van der Waals surface area contributed by atoms with E-state index in [1.54, 1.807) is 19.2 Å². The molecule has 2 heterocycles. The first-order chi connectivity index (χ1) is 17.3. The number of fused-ring (bicyclic) bond motifs is 3. The number of nitro benzene ring substituents is 1. The number of aryl methyl sites for hydroxylation is 1. The van der Waals surface area contributed by atoms with Crippen LogP contribution < -0.4 is 10.1 Å². The van der Waals surface area contributed by atoms with Crippen LogP contribution in [0, 0.1) is 10.1 Å². The lowest BCUT2D eigenvalue weighted by molar-refractivity contribution is -0.384. The number of halogens is 2. The van der Waals surface area contributed by atoms with Gasteiger partial charge in [0, 0.05) is 53.4 Å². The van der Waals surface area contributed by atoms with E-state index in [1.165, 1.54) is 24.5 Å². The summed E-state index contributed by atoms with van der Waals surface area (Å²) in [6.07, 6.45) is 2.76. The molecule has 2 aromatic heterocycles. The third-order valence-corrected chi connectivity index (χ3v) is 6.61. The number of carbonyl (C=O) groups is 1. The number of non-ortho nitro benzene ring substituents is 1. The molecule has 0 aliphatic carbocycles. The summed E-state index contributed by atoms with van der Waals surface area (Å²) in [5, 5.41) is 15.7. The third kappa shape index (κ3) is 3.80. The molecule has 180 valence electrons. The lowest BCUT2D eigenvalue weighted by Gasteiger charge is -2.16. The average molecular weight is 521 g/mol. The van der Waals surface area contributed by atoms with Crippen LogP contribution in [0.25, 0.3) is 32.9 Å². The van der Waals surface area contributed by atoms with E-state index < -0.39 is 10.8 Å². The highest BCUT2D eigenvalue weighted by Crippen LogP contribution is 2.44. The van der Waals surface area contributed by atoms with Gasteiger partial charge in [0.15, 0.2) is 5.75 Å². The Bertz CT molecular complexity index is 1660. The highest BCUT2D eigenvalue weighted by Gasteiger charge is 2.26. The van der Waals surface area contributed by atoms with Gasteiger partial charge in [-0.1, -0.05) is 53.5 Å². The van der Waals surface area contributed by atoms with Crippen molar-refractivity contribution in [2.75, 3.05) is 12.4 Å². The van der Waals surface area contributed by atoms with Gasteiger partial charge in [-0.2, -0.15) is 0 Å². The number of anilines is 1. The number of aromatic nitrogens is 2. The monoisotopic (exact) mass is 520 g/mol. The number of hydrogen-bond acceptors (Lipinski definition) is 5. The topological polar surface area (TPSA) is 99.3 Å². The van der Waals surface area contributed by atoms with E-state index in [0.29, 0.717) is 33.1 Å². The number of carbonyl (C=O) groups excluding carboxylic acids is 1. The summed E-state index contributed by atoms with van der Waals surface area (Å²) in [7, 11) is 3.38. The van der Waals surface area contributed by atoms with Crippen LogP contribution in [-0.2, 0) is 7.05 Å². The minimum absolute atomic E-state index is 0.0901. The van der Waals surface area contributed by atoms with Crippen LogP contribution in [-0.4, -0.2) is 27.5 Å². The Balaban J connectivity index is 1.87. The number of nitrogens with zero attached hydrogens (tertiary/aromatic N) is 3. The maximum absolute atomic E-state index is 13.8. The van der Waals surface area contributed by atoms with Crippen molar-refractivity contribution in [1.82, 2.24) is 9.55 Å². The molecule has 8 nitrogen and oxygen atoms in total. The summed E-state index contributed by atoms with van der Waals surface area (Å²) >= 11 is 12.5. The first-order valence-corrected chi connectivity index (χ1v) is 11.5. The molecule has 0 aliphatic rings. The van der Waals surface area contributed by atoms with Gasteiger partial charge in [-0.05, 0) is 17.7 Å². The van der Waals surface area contributed by atoms with Gasteiger partial charge in [-0.15, -0.1) is 0 Å². The Labute approximate surface area is 215 Å². The predicted octanol–water partition coefficient (Wildman–Crippen LogP) is 6.87. The van der Waals surface area contributed by atoms with Gasteiger partial charge in [-0.3, -0.25) is 19.9 Å². The highest BCUT2D eigenvalue weighted by molar-refractivity contribution is 6.40. The van der Waals surface area contributed by atoms with Crippen molar-refractivity contribution >= 4 is 62.3 Å². The number of benzene rings is 3. The number of ether oxygens (including phenoxy) is 1. The lowest BCUT2D eigenvalue weighted by atomic mass is 9.96. The van der Waals surface area contributed by atoms with Gasteiger partial charge < -0.3 is 14.6 Å². The van der Waals surface area contributed by atoms with Gasteiger partial charge in [-0.25, -0.2) is 0 Å². The van der Waals surface area contributed by atoms with Crippen LogP contribution in [0.3, 0.4) is 0 Å². The molecule has 0 saturated carbocycles. The summed E-state index contributed by atoms with van der Waals surface area (Å²) in [5.74, 6) is 0.0444. The Morgan fingerprint density at radius 2 is 1.78 bits per heavy atom. The first kappa shape index (κ1) is 23.6. The number of methoxy groups -OCH3 is 1. The normalized spacial score (nSPS) is 11.1. The standard InChI is InChI=1S/C26H18Cl2N4O4/c1-31-21-9-8-15(32(34)35)10-17(21)22-18(26(33)30-23-19(27)12-29-13-20(23)28)11-16(25(36-2)24(22)31)14-6-4-3-5-7-14/h3-13H,1-2H3,(H,29,30,33). The molecule has 1 amide bonds. The van der Waals surface area contributed by atoms with Crippen molar-refractivity contribution in [2.45, 2.75) is 0 Å². The van der Waals surface area contributed by atoms with E-state index in [0.717, 1.165) is 5.56 Å². The zero-order valence-corrected chi connectivity index (χ0v) is 20.6. The molecule has 0 spiro atoms. The smallest absolute Gasteiger partial charge is 0.270 e. The molecule has 0 unspecified atom stereocenters. The fraction of sp³-hybridized carbons (Fsp3) is 0.0769. The van der Waals surface area contributed by atoms with Crippen LogP contribution in [0.5, 0.6) is 5.75 Å². The average Bonchev–Trinajstić information content (AvgIpc) is 3.17. The maximum Gasteiger partial charge on any atom is 0.270 e. The van der Waals surface area contributed by atoms with Gasteiger partial charge in [0.1, 0.15) is 0 Å². The Morgan fingerprint density at radius 1 is 1.08 bits per heavy atom. The molecule has 0 saturated heterocycles. The lowest BCUT2D eigenvalue weighted by Crippen LogP contribution is -2.14. The summed E-state index contributed by atoms with van der Waals surface area (Å²) in [6.45, 7) is 0. The summed E-state index contributed by atoms with van der Waals surface area (Å²) in [4.78, 5) is 28.8. The third-order valence-electron chi connectivity index (χ3n) is 6.04. The number of nitrogens with one attached hydrogen (secondary N) is 1. The zero-order chi connectivity index (χ0) is 25.6. The van der Waals surface area contributed by atoms with Crippen LogP contribution in [0.1, 0.15) is 10.4 Å². The fourth-order valence-electron chi connectivity index (χ4n) is 4.42. The first-order valence-electron chi connectivity index (χ1n) is 10.7. The Kier molecular flexibility index (Phi) is 5.99. The van der Waals surface area contributed by atoms with Gasteiger partial charge in [0.2, 0.25) is 0 Å². The molecule has 1 N–H and O–H groups in total. The largest absolute Gasteiger partial charge is 0.494 e. The molecule has 3 aromatic carbocycles. The van der Waals surface area contributed by atoms with Gasteiger partial charge >= 0.3 is 0 Å². The summed E-state index contributed by atoms with van der Waals surface area (Å²) in [5.41, 5.74) is 3.24. The van der Waals surface area contributed by atoms with Crippen molar-refractivity contribution in [3.05, 3.63) is 92.7 Å². The van der Waals surface area contributed by atoms with E-state index >= 15 is 0 Å². The highest BCUT2D eigenvalue weighted by atomic mass is 35.5. The second-order valence-electron chi connectivity index (χ2n) is 8.04. The number of rotatable bonds is 5. The minimum atomic E-state index is -0.492. The number of pyridine rings is 1. The second-order valence-corrected chi connectivity index (χ2v) is 8.86. The fourth-order valence-corrected chi connectivity index (χ4v) is 4.88. The van der Waals surface area contributed by atoms with E-state index in [9.17, 15) is 14.9 Å². The maximum atomic E-state index is 13.8. The van der Waals surface area contributed by atoms with Crippen molar-refractivity contribution in [1.29, 1.82) is 0 Å². The van der Waals surface area contributed by atoms with Crippen molar-refractivity contribution in [3.63, 3.8) is 0 Å². The molecular weight excluding hydrogens is 503 g/mol. The van der Waals surface area contributed by atoms with Crippen LogP contribution in [0.15, 0.2) is 67.0 Å². The molecular formula is C26H18Cl2N4O4. The molecule has 0 fully saturated rings. The van der Waals surface area contributed by atoms with E-state index in [1.807, 2.05) is 41.9 Å². The van der Waals surface area contributed by atoms with E-state index in [2.05, 4.69) is 10.3 Å². The molecule has 0 radical (unpaired) electrons. The van der Waals surface area contributed by atoms with Crippen molar-refractivity contribution < 1.29 is 14.5 Å². The number of hydrogen-bond donors (Lipinski definition) is 1. The minimum Gasteiger partial charge on any atom is -0.494 e. The predicted molar refractivity (Wildman–Crippen MR) is 141 cm³/mol. The molecule has 0 aliphatic heterocycles. The Hall–Kier alpha value is -4.14. The van der Waals surface area contributed by atoms with E-state index in [4.69, 9.17) is 27.9 Å². The van der Waals surface area contributed by atoms with Crippen molar-refractivity contribution in [3.8, 4) is 16.9 Å². The molecule has 5 aromatic rings. The van der Waals surface area contributed by atoms with Crippen LogP contribution in [0.4, 0.5) is 11.4 Å². The van der Waals surface area contributed by atoms with E-state index in [-0.39, 0.29) is 27.0 Å². The second kappa shape index (κ2) is 9.14. The van der Waals surface area contributed by atoms with Gasteiger partial charge in [0.05, 0.1) is 38.8 Å². The zero-order valence-electron chi connectivity index (χ0n) is 19.1. The van der Waals surface area contributed by atoms with Crippen molar-refractivity contribution in [2.24, 2.45) is 7.05 Å². The molecule has 0 atom stereocenters. The molecule has 36 heavy (non-hydrogen) atoms. The van der Waals surface area contributed by atoms with Gasteiger partial charge in [0.25, 0.3) is 11.6 Å². The molecule has 10 heteroatoms. The summed E-state index contributed by atoms with van der Waals surface area (Å²) < 4.78 is 7.72.